The maximum atomic E-state index is 4.27. The van der Waals surface area contributed by atoms with E-state index in [1.807, 2.05) is 19.4 Å². The molecular weight excluding hydrogens is 278 g/mol. The van der Waals surface area contributed by atoms with Crippen LogP contribution >= 0.6 is 15.9 Å². The van der Waals surface area contributed by atoms with E-state index in [1.54, 1.807) is 0 Å². The number of nitrogens with zero attached hydrogens (tertiary/aromatic N) is 2. The monoisotopic (exact) mass is 297 g/mol. The van der Waals surface area contributed by atoms with Crippen LogP contribution in [-0.2, 0) is 0 Å². The summed E-state index contributed by atoms with van der Waals surface area (Å²) in [6, 6.07) is 2.83. The van der Waals surface area contributed by atoms with Crippen molar-refractivity contribution in [3.05, 3.63) is 22.9 Å². The highest BCUT2D eigenvalue weighted by Crippen LogP contribution is 2.27. The molecule has 0 radical (unpaired) electrons. The van der Waals surface area contributed by atoms with Gasteiger partial charge in [-0.05, 0) is 61.3 Å². The molecule has 1 fully saturated rings. The highest BCUT2D eigenvalue weighted by Gasteiger charge is 2.22. The maximum absolute atomic E-state index is 4.27. The van der Waals surface area contributed by atoms with Crippen molar-refractivity contribution >= 4 is 21.6 Å². The van der Waals surface area contributed by atoms with Gasteiger partial charge in [-0.2, -0.15) is 0 Å². The number of rotatable bonds is 4. The topological polar surface area (TPSA) is 28.2 Å². The first-order valence-corrected chi connectivity index (χ1v) is 7.12. The molecule has 1 unspecified atom stereocenters. The Bertz CT molecular complexity index is 356. The van der Waals surface area contributed by atoms with Crippen molar-refractivity contribution in [3.63, 3.8) is 0 Å². The fourth-order valence-electron chi connectivity index (χ4n) is 2.51. The quantitative estimate of drug-likeness (QED) is 0.926. The Morgan fingerprint density at radius 1 is 1.47 bits per heavy atom. The van der Waals surface area contributed by atoms with Gasteiger partial charge in [0.1, 0.15) is 0 Å². The smallest absolute Gasteiger partial charge is 0.0566 e. The van der Waals surface area contributed by atoms with Crippen molar-refractivity contribution in [3.8, 4) is 0 Å². The first-order chi connectivity index (χ1) is 8.31. The molecule has 0 amide bonds. The van der Waals surface area contributed by atoms with Gasteiger partial charge in [-0.1, -0.05) is 0 Å². The Kier molecular flexibility index (Phi) is 4.80. The first kappa shape index (κ1) is 12.8. The zero-order valence-corrected chi connectivity index (χ0v) is 11.9. The molecule has 0 spiro atoms. The Balaban J connectivity index is 2.10. The van der Waals surface area contributed by atoms with E-state index < -0.39 is 0 Å². The highest BCUT2D eigenvalue weighted by atomic mass is 79.9. The van der Waals surface area contributed by atoms with Crippen molar-refractivity contribution in [2.45, 2.75) is 31.7 Å². The zero-order chi connectivity index (χ0) is 12.1. The minimum Gasteiger partial charge on any atom is -0.367 e. The van der Waals surface area contributed by atoms with E-state index in [4.69, 9.17) is 0 Å². The van der Waals surface area contributed by atoms with Gasteiger partial charge >= 0.3 is 0 Å². The molecule has 1 aliphatic rings. The largest absolute Gasteiger partial charge is 0.367 e. The summed E-state index contributed by atoms with van der Waals surface area (Å²) in [5.74, 6) is 0. The van der Waals surface area contributed by atoms with Gasteiger partial charge in [-0.15, -0.1) is 0 Å². The van der Waals surface area contributed by atoms with Crippen LogP contribution in [0.15, 0.2) is 22.9 Å². The van der Waals surface area contributed by atoms with Crippen molar-refractivity contribution in [1.29, 1.82) is 0 Å². The predicted molar refractivity (Wildman–Crippen MR) is 75.5 cm³/mol. The molecule has 0 aromatic carbocycles. The molecule has 1 aliphatic heterocycles. The van der Waals surface area contributed by atoms with Gasteiger partial charge in [-0.3, -0.25) is 4.98 Å². The van der Waals surface area contributed by atoms with E-state index in [0.717, 1.165) is 17.6 Å². The van der Waals surface area contributed by atoms with Crippen LogP contribution in [0.25, 0.3) is 0 Å². The van der Waals surface area contributed by atoms with Crippen LogP contribution in [0.4, 0.5) is 5.69 Å². The number of hydrogen-bond acceptors (Lipinski definition) is 3. The summed E-state index contributed by atoms with van der Waals surface area (Å²) in [6.07, 6.45) is 8.98. The third kappa shape index (κ3) is 3.42. The average molecular weight is 298 g/mol. The van der Waals surface area contributed by atoms with Gasteiger partial charge in [-0.25, -0.2) is 0 Å². The van der Waals surface area contributed by atoms with Crippen LogP contribution in [0.2, 0.25) is 0 Å². The number of nitrogens with one attached hydrogen (secondary N) is 1. The van der Waals surface area contributed by atoms with Gasteiger partial charge < -0.3 is 10.2 Å². The Morgan fingerprint density at radius 3 is 3.12 bits per heavy atom. The minimum absolute atomic E-state index is 0.660. The van der Waals surface area contributed by atoms with E-state index in [2.05, 4.69) is 37.2 Å². The molecule has 2 heterocycles. The van der Waals surface area contributed by atoms with Crippen LogP contribution in [0.5, 0.6) is 0 Å². The number of aromatic nitrogens is 1. The molecule has 0 aliphatic carbocycles. The lowest BCUT2D eigenvalue weighted by molar-refractivity contribution is 0.433. The molecular formula is C13H20BrN3. The van der Waals surface area contributed by atoms with Gasteiger partial charge in [0.15, 0.2) is 0 Å². The van der Waals surface area contributed by atoms with E-state index in [-0.39, 0.29) is 0 Å². The minimum atomic E-state index is 0.660. The molecule has 0 bridgehead atoms. The summed E-state index contributed by atoms with van der Waals surface area (Å²) in [6.45, 7) is 2.25. The molecule has 1 aromatic rings. The third-order valence-electron chi connectivity index (χ3n) is 3.38. The molecule has 1 aromatic heterocycles. The Hall–Kier alpha value is -0.610. The lowest BCUT2D eigenvalue weighted by Gasteiger charge is -2.37. The van der Waals surface area contributed by atoms with E-state index in [0.29, 0.717) is 6.04 Å². The molecule has 4 heteroatoms. The van der Waals surface area contributed by atoms with Crippen LogP contribution in [0.3, 0.4) is 0 Å². The summed E-state index contributed by atoms with van der Waals surface area (Å²) in [5, 5.41) is 3.25. The molecule has 1 N–H and O–H groups in total. The van der Waals surface area contributed by atoms with E-state index in [1.165, 1.54) is 31.4 Å². The fourth-order valence-corrected chi connectivity index (χ4v) is 2.86. The predicted octanol–water partition coefficient (Wildman–Crippen LogP) is 2.81. The number of anilines is 1. The normalized spacial score (nSPS) is 20.6. The van der Waals surface area contributed by atoms with Crippen molar-refractivity contribution in [1.82, 2.24) is 10.3 Å². The van der Waals surface area contributed by atoms with Gasteiger partial charge in [0, 0.05) is 23.3 Å². The van der Waals surface area contributed by atoms with Crippen molar-refractivity contribution in [2.75, 3.05) is 25.0 Å². The van der Waals surface area contributed by atoms with Crippen LogP contribution < -0.4 is 10.2 Å². The lowest BCUT2D eigenvalue weighted by atomic mass is 9.99. The standard InChI is InChI=1S/C13H20BrN3/c1-15-6-5-12-4-2-3-7-17(12)13-8-11(14)9-16-10-13/h8-10,12,15H,2-7H2,1H3. The molecule has 2 rings (SSSR count). The third-order valence-corrected chi connectivity index (χ3v) is 3.81. The van der Waals surface area contributed by atoms with Gasteiger partial charge in [0.25, 0.3) is 0 Å². The molecule has 17 heavy (non-hydrogen) atoms. The highest BCUT2D eigenvalue weighted by molar-refractivity contribution is 9.10. The summed E-state index contributed by atoms with van der Waals surface area (Å²) < 4.78 is 1.06. The van der Waals surface area contributed by atoms with Crippen LogP contribution in [0.1, 0.15) is 25.7 Å². The first-order valence-electron chi connectivity index (χ1n) is 6.33. The molecule has 0 saturated carbocycles. The molecule has 3 nitrogen and oxygen atoms in total. The van der Waals surface area contributed by atoms with Gasteiger partial charge in [0.05, 0.1) is 11.9 Å². The fraction of sp³-hybridized carbons (Fsp3) is 0.615. The lowest BCUT2D eigenvalue weighted by Crippen LogP contribution is -2.41. The maximum Gasteiger partial charge on any atom is 0.0566 e. The van der Waals surface area contributed by atoms with Crippen LogP contribution in [0, 0.1) is 0 Å². The average Bonchev–Trinajstić information content (AvgIpc) is 2.37. The van der Waals surface area contributed by atoms with Crippen molar-refractivity contribution < 1.29 is 0 Å². The Morgan fingerprint density at radius 2 is 2.35 bits per heavy atom. The van der Waals surface area contributed by atoms with E-state index in [9.17, 15) is 0 Å². The molecule has 1 atom stereocenters. The summed E-state index contributed by atoms with van der Waals surface area (Å²) in [5.41, 5.74) is 1.25. The second kappa shape index (κ2) is 6.36. The number of hydrogen-bond donors (Lipinski definition) is 1. The molecule has 94 valence electrons. The summed E-state index contributed by atoms with van der Waals surface area (Å²) in [7, 11) is 2.02. The SMILES string of the molecule is CNCCC1CCCCN1c1cncc(Br)c1. The number of pyridine rings is 1. The number of halogens is 1. The number of piperidine rings is 1. The molecule has 1 saturated heterocycles. The van der Waals surface area contributed by atoms with Crippen molar-refractivity contribution in [2.24, 2.45) is 0 Å². The second-order valence-electron chi connectivity index (χ2n) is 4.60. The zero-order valence-electron chi connectivity index (χ0n) is 10.3. The van der Waals surface area contributed by atoms with Crippen LogP contribution in [-0.4, -0.2) is 31.2 Å². The summed E-state index contributed by atoms with van der Waals surface area (Å²) in [4.78, 5) is 6.78. The Labute approximate surface area is 112 Å². The second-order valence-corrected chi connectivity index (χ2v) is 5.51. The summed E-state index contributed by atoms with van der Waals surface area (Å²) >= 11 is 3.50. The van der Waals surface area contributed by atoms with E-state index >= 15 is 0 Å². The van der Waals surface area contributed by atoms with Gasteiger partial charge in [0.2, 0.25) is 0 Å².